The van der Waals surface area contributed by atoms with Crippen molar-refractivity contribution in [3.05, 3.63) is 64.7 Å². The van der Waals surface area contributed by atoms with E-state index in [2.05, 4.69) is 36.3 Å². The fourth-order valence-electron chi connectivity index (χ4n) is 3.44. The number of hydrogen-bond donors (Lipinski definition) is 1. The molecule has 0 saturated heterocycles. The number of anilines is 1. The first kappa shape index (κ1) is 25.8. The first-order valence-corrected chi connectivity index (χ1v) is 12.6. The van der Waals surface area contributed by atoms with Crippen molar-refractivity contribution in [1.82, 2.24) is 15.1 Å². The monoisotopic (exact) mass is 498 g/mol. The van der Waals surface area contributed by atoms with Gasteiger partial charge in [0.05, 0.1) is 0 Å². The Morgan fingerprint density at radius 2 is 1.82 bits per heavy atom. The number of carbonyl (C=O) groups is 2. The molecular formula is C26H31ClN4O2S. The molecule has 0 aliphatic rings. The second-order valence-electron chi connectivity index (χ2n) is 9.30. The molecule has 3 aromatic rings. The third kappa shape index (κ3) is 6.64. The van der Waals surface area contributed by atoms with Gasteiger partial charge >= 0.3 is 0 Å². The van der Waals surface area contributed by atoms with Crippen LogP contribution in [0.3, 0.4) is 0 Å². The second-order valence-corrected chi connectivity index (χ2v) is 10.7. The smallest absolute Gasteiger partial charge is 0.254 e. The van der Waals surface area contributed by atoms with E-state index in [1.807, 2.05) is 50.2 Å². The summed E-state index contributed by atoms with van der Waals surface area (Å²) in [5.41, 5.74) is 2.67. The Kier molecular flexibility index (Phi) is 8.44. The lowest BCUT2D eigenvalue weighted by Crippen LogP contribution is -2.40. The molecule has 180 valence electrons. The minimum absolute atomic E-state index is 0.0125. The summed E-state index contributed by atoms with van der Waals surface area (Å²) in [6.07, 6.45) is 0.967. The van der Waals surface area contributed by atoms with Gasteiger partial charge in [-0.2, -0.15) is 0 Å². The van der Waals surface area contributed by atoms with E-state index in [9.17, 15) is 9.59 Å². The summed E-state index contributed by atoms with van der Waals surface area (Å²) in [5.74, 6) is -0.278. The number of nitrogens with zero attached hydrogens (tertiary/aromatic N) is 3. The average molecular weight is 499 g/mol. The molecule has 0 aliphatic heterocycles. The van der Waals surface area contributed by atoms with E-state index in [1.165, 1.54) is 16.9 Å². The summed E-state index contributed by atoms with van der Waals surface area (Å²) in [4.78, 5) is 27.6. The molecule has 8 heteroatoms. The lowest BCUT2D eigenvalue weighted by atomic mass is 9.86. The summed E-state index contributed by atoms with van der Waals surface area (Å²) in [7, 11) is 0. The highest BCUT2D eigenvalue weighted by Crippen LogP contribution is 2.28. The van der Waals surface area contributed by atoms with Crippen molar-refractivity contribution >= 4 is 39.9 Å². The molecule has 2 amide bonds. The Bertz CT molecular complexity index is 1140. The lowest BCUT2D eigenvalue weighted by molar-refractivity contribution is -0.116. The number of amides is 2. The fraction of sp³-hybridized carbons (Fsp3) is 0.385. The van der Waals surface area contributed by atoms with Gasteiger partial charge in [-0.15, -0.1) is 10.2 Å². The van der Waals surface area contributed by atoms with E-state index in [0.29, 0.717) is 27.3 Å². The molecule has 0 aliphatic carbocycles. The van der Waals surface area contributed by atoms with Crippen molar-refractivity contribution < 1.29 is 9.59 Å². The van der Waals surface area contributed by atoms with Crippen LogP contribution in [0.2, 0.25) is 5.02 Å². The van der Waals surface area contributed by atoms with Crippen molar-refractivity contribution in [2.45, 2.75) is 58.9 Å². The first-order valence-electron chi connectivity index (χ1n) is 11.4. The van der Waals surface area contributed by atoms with Crippen LogP contribution in [0.15, 0.2) is 48.5 Å². The van der Waals surface area contributed by atoms with Gasteiger partial charge in [0.2, 0.25) is 11.0 Å². The summed E-state index contributed by atoms with van der Waals surface area (Å²) in [6.45, 7) is 10.8. The molecule has 0 spiro atoms. The third-order valence-electron chi connectivity index (χ3n) is 5.70. The zero-order valence-corrected chi connectivity index (χ0v) is 21.8. The van der Waals surface area contributed by atoms with Crippen LogP contribution in [-0.4, -0.2) is 39.5 Å². The summed E-state index contributed by atoms with van der Waals surface area (Å²) in [5, 5.41) is 12.7. The number of halogens is 1. The Morgan fingerprint density at radius 3 is 2.44 bits per heavy atom. The van der Waals surface area contributed by atoms with E-state index in [-0.39, 0.29) is 29.7 Å². The number of hydrogen-bond acceptors (Lipinski definition) is 5. The number of carbonyl (C=O) groups excluding carboxylic acids is 2. The van der Waals surface area contributed by atoms with Crippen LogP contribution in [0.4, 0.5) is 5.13 Å². The zero-order valence-electron chi connectivity index (χ0n) is 20.3. The molecule has 3 rings (SSSR count). The SMILES string of the molecule is CCC(C)N(CCC(=O)Nc1nnc(-c2cccc(Cl)c2)s1)C(=O)c1ccc(C(C)(C)C)cc1. The summed E-state index contributed by atoms with van der Waals surface area (Å²) in [6, 6.07) is 15.1. The predicted molar refractivity (Wildman–Crippen MR) is 140 cm³/mol. The van der Waals surface area contributed by atoms with Crippen LogP contribution in [0.1, 0.15) is 63.4 Å². The minimum Gasteiger partial charge on any atom is -0.335 e. The van der Waals surface area contributed by atoms with Crippen molar-refractivity contribution in [3.8, 4) is 10.6 Å². The van der Waals surface area contributed by atoms with E-state index >= 15 is 0 Å². The molecule has 1 unspecified atom stereocenters. The van der Waals surface area contributed by atoms with Crippen LogP contribution in [0.25, 0.3) is 10.6 Å². The van der Waals surface area contributed by atoms with Crippen LogP contribution in [0.5, 0.6) is 0 Å². The highest BCUT2D eigenvalue weighted by atomic mass is 35.5. The molecule has 1 atom stereocenters. The first-order chi connectivity index (χ1) is 16.1. The van der Waals surface area contributed by atoms with Crippen molar-refractivity contribution in [2.75, 3.05) is 11.9 Å². The molecule has 0 saturated carbocycles. The van der Waals surface area contributed by atoms with Gasteiger partial charge in [0.15, 0.2) is 0 Å². The largest absolute Gasteiger partial charge is 0.335 e. The normalized spacial score (nSPS) is 12.3. The molecule has 0 bridgehead atoms. The van der Waals surface area contributed by atoms with Crippen LogP contribution >= 0.6 is 22.9 Å². The Hall–Kier alpha value is -2.77. The van der Waals surface area contributed by atoms with Crippen molar-refractivity contribution in [3.63, 3.8) is 0 Å². The molecule has 1 N–H and O–H groups in total. The number of benzene rings is 2. The standard InChI is InChI=1S/C26H31ClN4O2S/c1-6-17(2)31(24(33)18-10-12-20(13-11-18)26(3,4)5)15-14-22(32)28-25-30-29-23(34-25)19-8-7-9-21(27)16-19/h7-13,16-17H,6,14-15H2,1-5H3,(H,28,30,32). The maximum Gasteiger partial charge on any atom is 0.254 e. The number of aromatic nitrogens is 2. The number of rotatable bonds is 8. The van der Waals surface area contributed by atoms with Gasteiger partial charge in [0, 0.05) is 35.2 Å². The molecule has 6 nitrogen and oxygen atoms in total. The van der Waals surface area contributed by atoms with Gasteiger partial charge in [-0.1, -0.05) is 74.9 Å². The molecule has 0 radical (unpaired) electrons. The highest BCUT2D eigenvalue weighted by Gasteiger charge is 2.22. The highest BCUT2D eigenvalue weighted by molar-refractivity contribution is 7.18. The maximum atomic E-state index is 13.2. The average Bonchev–Trinajstić information content (AvgIpc) is 3.26. The van der Waals surface area contributed by atoms with Crippen molar-refractivity contribution in [2.24, 2.45) is 0 Å². The number of nitrogens with one attached hydrogen (secondary N) is 1. The molecular weight excluding hydrogens is 468 g/mol. The van der Waals surface area contributed by atoms with E-state index < -0.39 is 0 Å². The quantitative estimate of drug-likeness (QED) is 0.388. The second kappa shape index (κ2) is 11.1. The van der Waals surface area contributed by atoms with Gasteiger partial charge < -0.3 is 10.2 Å². The maximum absolute atomic E-state index is 13.2. The zero-order chi connectivity index (χ0) is 24.9. The van der Waals surface area contributed by atoms with Gasteiger partial charge in [0.25, 0.3) is 5.91 Å². The lowest BCUT2D eigenvalue weighted by Gasteiger charge is -2.29. The molecule has 34 heavy (non-hydrogen) atoms. The predicted octanol–water partition coefficient (Wildman–Crippen LogP) is 6.43. The Morgan fingerprint density at radius 1 is 1.12 bits per heavy atom. The van der Waals surface area contributed by atoms with Crippen LogP contribution < -0.4 is 5.32 Å². The third-order valence-corrected chi connectivity index (χ3v) is 6.83. The Labute approximate surface area is 210 Å². The molecule has 1 heterocycles. The minimum atomic E-state index is -0.210. The van der Waals surface area contributed by atoms with E-state index in [1.54, 1.807) is 17.0 Å². The summed E-state index contributed by atoms with van der Waals surface area (Å²) >= 11 is 7.33. The van der Waals surface area contributed by atoms with Gasteiger partial charge in [0.1, 0.15) is 5.01 Å². The van der Waals surface area contributed by atoms with Crippen LogP contribution in [-0.2, 0) is 10.2 Å². The van der Waals surface area contributed by atoms with Crippen molar-refractivity contribution in [1.29, 1.82) is 0 Å². The van der Waals surface area contributed by atoms with E-state index in [0.717, 1.165) is 12.0 Å². The molecule has 0 fully saturated rings. The van der Waals surface area contributed by atoms with Crippen LogP contribution in [0, 0.1) is 0 Å². The van der Waals surface area contributed by atoms with Gasteiger partial charge in [-0.25, -0.2) is 0 Å². The fourth-order valence-corrected chi connectivity index (χ4v) is 4.38. The van der Waals surface area contributed by atoms with Gasteiger partial charge in [-0.05, 0) is 48.6 Å². The van der Waals surface area contributed by atoms with E-state index in [4.69, 9.17) is 11.6 Å². The molecule has 1 aromatic heterocycles. The Balaban J connectivity index is 1.64. The topological polar surface area (TPSA) is 75.2 Å². The van der Waals surface area contributed by atoms with Gasteiger partial charge in [-0.3, -0.25) is 9.59 Å². The molecule has 2 aromatic carbocycles. The summed E-state index contributed by atoms with van der Waals surface area (Å²) < 4.78 is 0.